The molecule has 4 aliphatic rings. The van der Waals surface area contributed by atoms with Gasteiger partial charge in [-0.2, -0.15) is 0 Å². The zero-order valence-electron chi connectivity index (χ0n) is 23.3. The zero-order valence-corrected chi connectivity index (χ0v) is 24.8. The summed E-state index contributed by atoms with van der Waals surface area (Å²) in [6.45, 7) is 1.61. The minimum atomic E-state index is -3.12. The first-order valence-corrected chi connectivity index (χ1v) is 16.8. The molecule has 220 valence electrons. The average Bonchev–Trinajstić information content (AvgIpc) is 3.07. The van der Waals surface area contributed by atoms with Gasteiger partial charge in [-0.1, -0.05) is 29.8 Å². The van der Waals surface area contributed by atoms with E-state index in [0.29, 0.717) is 43.2 Å². The lowest BCUT2D eigenvalue weighted by molar-refractivity contribution is 0.0456. The molecule has 0 radical (unpaired) electrons. The van der Waals surface area contributed by atoms with Gasteiger partial charge >= 0.3 is 0 Å². The van der Waals surface area contributed by atoms with E-state index in [0.717, 1.165) is 49.4 Å². The molecule has 1 fully saturated rings. The third-order valence-corrected chi connectivity index (χ3v) is 11.9. The van der Waals surface area contributed by atoms with Crippen molar-refractivity contribution in [3.8, 4) is 5.75 Å². The first-order chi connectivity index (χ1) is 19.7. The Labute approximate surface area is 247 Å². The van der Waals surface area contributed by atoms with Crippen LogP contribution in [0.5, 0.6) is 5.75 Å². The Kier molecular flexibility index (Phi) is 7.87. The predicted octanol–water partition coefficient (Wildman–Crippen LogP) is 4.27. The smallest absolute Gasteiger partial charge is 0.262 e. The Morgan fingerprint density at radius 3 is 2.83 bits per heavy atom. The lowest BCUT2D eigenvalue weighted by Crippen LogP contribution is -2.49. The number of aliphatic hydroxyl groups is 2. The van der Waals surface area contributed by atoms with Crippen LogP contribution in [0.2, 0.25) is 5.02 Å². The lowest BCUT2D eigenvalue weighted by Gasteiger charge is -2.45. The van der Waals surface area contributed by atoms with Gasteiger partial charge in [0, 0.05) is 29.1 Å². The number of carbonyl (C=O) groups is 1. The summed E-state index contributed by atoms with van der Waals surface area (Å²) in [5.41, 5.74) is 3.49. The normalized spacial score (nSPS) is 34.3. The summed E-state index contributed by atoms with van der Waals surface area (Å²) in [7, 11) is -3.12. The van der Waals surface area contributed by atoms with Crippen LogP contribution in [0.1, 0.15) is 60.0 Å². The Hall–Kier alpha value is -2.52. The van der Waals surface area contributed by atoms with Crippen LogP contribution < -0.4 is 14.4 Å². The van der Waals surface area contributed by atoms with E-state index < -0.39 is 27.0 Å². The van der Waals surface area contributed by atoms with E-state index in [9.17, 15) is 19.2 Å². The number of aryl methyl sites for hydroxylation is 1. The highest BCUT2D eigenvalue weighted by Crippen LogP contribution is 2.46. The van der Waals surface area contributed by atoms with E-state index in [1.165, 1.54) is 11.1 Å². The Morgan fingerprint density at radius 1 is 1.20 bits per heavy atom. The maximum atomic E-state index is 13.4. The van der Waals surface area contributed by atoms with Gasteiger partial charge in [-0.05, 0) is 104 Å². The van der Waals surface area contributed by atoms with Crippen LogP contribution >= 0.6 is 11.6 Å². The van der Waals surface area contributed by atoms with Crippen molar-refractivity contribution in [2.45, 2.75) is 61.7 Å². The molecular weight excluding hydrogens is 560 g/mol. The Morgan fingerprint density at radius 2 is 2.05 bits per heavy atom. The molecule has 9 heteroatoms. The summed E-state index contributed by atoms with van der Waals surface area (Å²) in [5, 5.41) is 21.1. The Balaban J connectivity index is 1.42. The largest absolute Gasteiger partial charge is 0.490 e. The molecule has 1 spiro atoms. The van der Waals surface area contributed by atoms with Crippen molar-refractivity contribution in [1.29, 1.82) is 0 Å². The number of benzene rings is 2. The number of fused-ring (bicyclic) bond motifs is 4. The van der Waals surface area contributed by atoms with Crippen LogP contribution in [-0.2, 0) is 21.5 Å². The number of ether oxygens (including phenoxy) is 1. The molecule has 1 saturated carbocycles. The van der Waals surface area contributed by atoms with Gasteiger partial charge in [0.15, 0.2) is 0 Å². The topological polar surface area (TPSA) is 99.1 Å². The highest BCUT2D eigenvalue weighted by Gasteiger charge is 2.44. The number of carbonyl (C=O) groups excluding carboxylic acids is 1. The molecule has 2 aliphatic carbocycles. The SMILES string of the molecule is C=S1(=O)NC(=O)c2ccc3c(c2)N(C[C@@H]2CC[C@H]2[C@@H](O)/C=C/CC[C@H]1CO)C[C@@]1(CCCc2cc(Cl)ccc21)CO3. The van der Waals surface area contributed by atoms with Crippen molar-refractivity contribution in [1.82, 2.24) is 4.72 Å². The molecule has 2 aromatic carbocycles. The van der Waals surface area contributed by atoms with Crippen molar-refractivity contribution in [2.24, 2.45) is 11.8 Å². The van der Waals surface area contributed by atoms with Crippen molar-refractivity contribution in [3.63, 3.8) is 0 Å². The second-order valence-electron chi connectivity index (χ2n) is 12.2. The van der Waals surface area contributed by atoms with E-state index in [2.05, 4.69) is 27.6 Å². The zero-order chi connectivity index (χ0) is 28.8. The molecule has 2 heterocycles. The number of amides is 1. The van der Waals surface area contributed by atoms with Gasteiger partial charge in [0.25, 0.3) is 5.91 Å². The van der Waals surface area contributed by atoms with Crippen LogP contribution in [0.15, 0.2) is 48.6 Å². The first kappa shape index (κ1) is 28.6. The van der Waals surface area contributed by atoms with Crippen molar-refractivity contribution >= 4 is 38.8 Å². The molecule has 0 aromatic heterocycles. The number of aliphatic hydroxyl groups excluding tert-OH is 2. The summed E-state index contributed by atoms with van der Waals surface area (Å²) < 4.78 is 22.6. The number of nitrogens with one attached hydrogen (secondary N) is 1. The van der Waals surface area contributed by atoms with E-state index in [1.54, 1.807) is 6.07 Å². The monoisotopic (exact) mass is 598 g/mol. The fourth-order valence-electron chi connectivity index (χ4n) is 7.17. The molecule has 1 unspecified atom stereocenters. The maximum Gasteiger partial charge on any atom is 0.262 e. The van der Waals surface area contributed by atoms with E-state index >= 15 is 0 Å². The van der Waals surface area contributed by atoms with Crippen LogP contribution in [0, 0.1) is 11.8 Å². The summed E-state index contributed by atoms with van der Waals surface area (Å²) in [4.78, 5) is 15.7. The summed E-state index contributed by atoms with van der Waals surface area (Å²) in [6, 6.07) is 11.5. The number of allylic oxidation sites excluding steroid dienone is 1. The number of nitrogens with zero attached hydrogens (tertiary/aromatic N) is 1. The van der Waals surface area contributed by atoms with Crippen molar-refractivity contribution < 1.29 is 24.0 Å². The van der Waals surface area contributed by atoms with Gasteiger partial charge in [0.2, 0.25) is 0 Å². The van der Waals surface area contributed by atoms with Gasteiger partial charge in [-0.25, -0.2) is 4.21 Å². The van der Waals surface area contributed by atoms with Gasteiger partial charge in [-0.3, -0.25) is 9.52 Å². The second kappa shape index (κ2) is 11.3. The molecule has 2 bridgehead atoms. The van der Waals surface area contributed by atoms with E-state index in [4.69, 9.17) is 16.3 Å². The molecular formula is C32H39ClN2O5S. The van der Waals surface area contributed by atoms with E-state index in [-0.39, 0.29) is 17.9 Å². The minimum absolute atomic E-state index is 0.136. The van der Waals surface area contributed by atoms with Crippen LogP contribution in [0.25, 0.3) is 0 Å². The quantitative estimate of drug-likeness (QED) is 0.335. The maximum absolute atomic E-state index is 13.4. The lowest BCUT2D eigenvalue weighted by atomic mass is 9.68. The fraction of sp³-hybridized carbons (Fsp3) is 0.500. The number of rotatable bonds is 1. The van der Waals surface area contributed by atoms with E-state index in [1.807, 2.05) is 30.4 Å². The fourth-order valence-corrected chi connectivity index (χ4v) is 8.72. The standard InChI is InChI=1S/C32H39ClN2O5S/c1-41(39)25(18-36)6-2-3-7-29(37)26-11-8-23(26)17-35-19-32(14-4-5-21-15-24(33)10-12-27(21)32)20-40-30-13-9-22(16-28(30)35)31(38)34-41/h3,7,9-10,12-13,15-16,23,25-26,29,36-37H,1-2,4-6,8,11,14,17-20H2,(H,34,38,39)/b7-3+/t23-,25-,26+,29-,32-,41?/m0/s1. The molecule has 41 heavy (non-hydrogen) atoms. The molecule has 1 amide bonds. The molecule has 2 aromatic rings. The third-order valence-electron chi connectivity index (χ3n) is 9.67. The number of anilines is 1. The summed E-state index contributed by atoms with van der Waals surface area (Å²) >= 11 is 6.38. The Bertz CT molecular complexity index is 1460. The van der Waals surface area contributed by atoms with Crippen LogP contribution in [0.3, 0.4) is 0 Å². The molecule has 0 saturated heterocycles. The first-order valence-electron chi connectivity index (χ1n) is 14.6. The molecule has 6 rings (SSSR count). The van der Waals surface area contributed by atoms with Gasteiger partial charge in [0.1, 0.15) is 5.75 Å². The molecule has 2 aliphatic heterocycles. The third kappa shape index (κ3) is 5.52. The predicted molar refractivity (Wildman–Crippen MR) is 164 cm³/mol. The highest BCUT2D eigenvalue weighted by atomic mass is 35.5. The molecule has 7 nitrogen and oxygen atoms in total. The van der Waals surface area contributed by atoms with Crippen LogP contribution in [-0.4, -0.2) is 63.9 Å². The number of halogens is 1. The minimum Gasteiger partial charge on any atom is -0.490 e. The van der Waals surface area contributed by atoms with Crippen molar-refractivity contribution in [3.05, 3.63) is 70.3 Å². The van der Waals surface area contributed by atoms with Gasteiger partial charge < -0.3 is 19.8 Å². The second-order valence-corrected chi connectivity index (χ2v) is 15.0. The molecule has 6 atom stereocenters. The van der Waals surface area contributed by atoms with Gasteiger partial charge in [0.05, 0.1) is 40.0 Å². The summed E-state index contributed by atoms with van der Waals surface area (Å²) in [5.74, 6) is 4.45. The average molecular weight is 599 g/mol. The van der Waals surface area contributed by atoms with Crippen molar-refractivity contribution in [2.75, 3.05) is 31.2 Å². The highest BCUT2D eigenvalue weighted by molar-refractivity contribution is 7.99. The summed E-state index contributed by atoms with van der Waals surface area (Å²) in [6.07, 6.45) is 9.04. The number of hydrogen-bond donors (Lipinski definition) is 3. The number of hydrogen-bond acceptors (Lipinski definition) is 6. The van der Waals surface area contributed by atoms with Gasteiger partial charge in [-0.15, -0.1) is 0 Å². The molecule has 3 N–H and O–H groups in total. The van der Waals surface area contributed by atoms with Crippen LogP contribution in [0.4, 0.5) is 5.69 Å².